The maximum absolute atomic E-state index is 11.3. The van der Waals surface area contributed by atoms with Gasteiger partial charge in [-0.3, -0.25) is 4.79 Å². The van der Waals surface area contributed by atoms with Crippen LogP contribution in [0.5, 0.6) is 0 Å². The van der Waals surface area contributed by atoms with Crippen molar-refractivity contribution in [1.82, 2.24) is 0 Å². The first-order chi connectivity index (χ1) is 6.61. The van der Waals surface area contributed by atoms with Crippen LogP contribution in [0.2, 0.25) is 0 Å². The molecule has 1 saturated heterocycles. The summed E-state index contributed by atoms with van der Waals surface area (Å²) in [5, 5.41) is 0. The average Bonchev–Trinajstić information content (AvgIpc) is 2.01. The van der Waals surface area contributed by atoms with Crippen molar-refractivity contribution in [2.45, 2.75) is 52.2 Å². The lowest BCUT2D eigenvalue weighted by Crippen LogP contribution is -2.30. The molecular formula is C11H20O3. The fraction of sp³-hybridized carbons (Fsp3) is 0.909. The van der Waals surface area contributed by atoms with Gasteiger partial charge >= 0.3 is 5.97 Å². The van der Waals surface area contributed by atoms with Gasteiger partial charge in [0.25, 0.3) is 0 Å². The number of hydrogen-bond donors (Lipinski definition) is 0. The Morgan fingerprint density at radius 1 is 1.36 bits per heavy atom. The van der Waals surface area contributed by atoms with Crippen LogP contribution in [-0.2, 0) is 14.3 Å². The first-order valence-corrected chi connectivity index (χ1v) is 5.42. The third-order valence-corrected chi connectivity index (χ3v) is 2.56. The number of ether oxygens (including phenoxy) is 2. The van der Waals surface area contributed by atoms with Gasteiger partial charge < -0.3 is 9.47 Å². The smallest absolute Gasteiger partial charge is 0.306 e. The molecule has 0 saturated carbocycles. The van der Waals surface area contributed by atoms with E-state index in [-0.39, 0.29) is 18.2 Å². The third kappa shape index (κ3) is 3.66. The minimum absolute atomic E-state index is 0.0706. The van der Waals surface area contributed by atoms with E-state index < -0.39 is 0 Å². The summed E-state index contributed by atoms with van der Waals surface area (Å²) in [6, 6.07) is 0. The lowest BCUT2D eigenvalue weighted by Gasteiger charge is -2.31. The van der Waals surface area contributed by atoms with E-state index >= 15 is 0 Å². The monoisotopic (exact) mass is 200 g/mol. The Labute approximate surface area is 85.8 Å². The predicted octanol–water partition coefficient (Wildman–Crippen LogP) is 2.14. The topological polar surface area (TPSA) is 35.5 Å². The highest BCUT2D eigenvalue weighted by Gasteiger charge is 2.26. The van der Waals surface area contributed by atoms with Gasteiger partial charge in [0.1, 0.15) is 0 Å². The Hall–Kier alpha value is -0.570. The molecule has 0 bridgehead atoms. The van der Waals surface area contributed by atoms with Crippen molar-refractivity contribution >= 4 is 5.97 Å². The van der Waals surface area contributed by atoms with Gasteiger partial charge in [-0.15, -0.1) is 0 Å². The van der Waals surface area contributed by atoms with Crippen LogP contribution in [-0.4, -0.2) is 24.8 Å². The van der Waals surface area contributed by atoms with Crippen molar-refractivity contribution in [3.63, 3.8) is 0 Å². The largest absolute Gasteiger partial charge is 0.466 e. The van der Waals surface area contributed by atoms with Gasteiger partial charge in [-0.2, -0.15) is 0 Å². The number of carbonyl (C=O) groups is 1. The molecule has 1 fully saturated rings. The fourth-order valence-electron chi connectivity index (χ4n) is 2.17. The van der Waals surface area contributed by atoms with Crippen LogP contribution in [0, 0.1) is 5.92 Å². The van der Waals surface area contributed by atoms with Crippen molar-refractivity contribution in [2.24, 2.45) is 5.92 Å². The quantitative estimate of drug-likeness (QED) is 0.655. The molecule has 1 rings (SSSR count). The molecule has 1 heterocycles. The van der Waals surface area contributed by atoms with E-state index in [2.05, 4.69) is 13.8 Å². The lowest BCUT2D eigenvalue weighted by molar-refractivity contribution is -0.146. The molecule has 1 aliphatic heterocycles. The summed E-state index contributed by atoms with van der Waals surface area (Å²) in [6.45, 7) is 6.45. The normalized spacial score (nSPS) is 32.6. The highest BCUT2D eigenvalue weighted by atomic mass is 16.5. The lowest BCUT2D eigenvalue weighted by atomic mass is 9.90. The predicted molar refractivity (Wildman–Crippen MR) is 54.0 cm³/mol. The van der Waals surface area contributed by atoms with Gasteiger partial charge in [0.05, 0.1) is 18.8 Å². The summed E-state index contributed by atoms with van der Waals surface area (Å²) in [6.07, 6.45) is 3.05. The van der Waals surface area contributed by atoms with Crippen molar-refractivity contribution in [1.29, 1.82) is 0 Å². The van der Waals surface area contributed by atoms with E-state index in [0.29, 0.717) is 18.9 Å². The third-order valence-electron chi connectivity index (χ3n) is 2.56. The number of hydrogen-bond acceptors (Lipinski definition) is 3. The molecule has 3 nitrogen and oxygen atoms in total. The van der Waals surface area contributed by atoms with E-state index in [1.807, 2.05) is 6.92 Å². The average molecular weight is 200 g/mol. The van der Waals surface area contributed by atoms with E-state index in [1.54, 1.807) is 0 Å². The molecule has 1 aliphatic rings. The van der Waals surface area contributed by atoms with Gasteiger partial charge in [0, 0.05) is 6.42 Å². The standard InChI is InChI=1S/C11H20O3/c1-4-13-11(12)7-10-5-8(2)14-9(3)6-10/h8-10H,4-7H2,1-3H3/t8-,9-/m0/s1. The van der Waals surface area contributed by atoms with E-state index in [4.69, 9.17) is 9.47 Å². The summed E-state index contributed by atoms with van der Waals surface area (Å²) in [5.41, 5.74) is 0. The van der Waals surface area contributed by atoms with Crippen LogP contribution in [0.4, 0.5) is 0 Å². The van der Waals surface area contributed by atoms with E-state index in [1.165, 1.54) is 0 Å². The highest BCUT2D eigenvalue weighted by molar-refractivity contribution is 5.69. The molecule has 0 aromatic rings. The molecule has 0 aromatic heterocycles. The summed E-state index contributed by atoms with van der Waals surface area (Å²) >= 11 is 0. The molecular weight excluding hydrogens is 180 g/mol. The van der Waals surface area contributed by atoms with Crippen LogP contribution >= 0.6 is 0 Å². The summed E-state index contributed by atoms with van der Waals surface area (Å²) in [4.78, 5) is 11.3. The highest BCUT2D eigenvalue weighted by Crippen LogP contribution is 2.27. The van der Waals surface area contributed by atoms with Crippen molar-refractivity contribution in [3.05, 3.63) is 0 Å². The van der Waals surface area contributed by atoms with Crippen LogP contribution in [0.1, 0.15) is 40.0 Å². The molecule has 0 amide bonds. The molecule has 82 valence electrons. The van der Waals surface area contributed by atoms with Gasteiger partial charge in [-0.05, 0) is 39.5 Å². The van der Waals surface area contributed by atoms with Crippen molar-refractivity contribution in [2.75, 3.05) is 6.61 Å². The Bertz CT molecular complexity index is 181. The van der Waals surface area contributed by atoms with Gasteiger partial charge in [0.15, 0.2) is 0 Å². The van der Waals surface area contributed by atoms with Crippen LogP contribution in [0.15, 0.2) is 0 Å². The van der Waals surface area contributed by atoms with Gasteiger partial charge in [0.2, 0.25) is 0 Å². The second kappa shape index (κ2) is 5.35. The molecule has 14 heavy (non-hydrogen) atoms. The van der Waals surface area contributed by atoms with E-state index in [0.717, 1.165) is 12.8 Å². The molecule has 0 aromatic carbocycles. The van der Waals surface area contributed by atoms with Crippen molar-refractivity contribution < 1.29 is 14.3 Å². The SMILES string of the molecule is CCOC(=O)CC1C[C@H](C)O[C@@H](C)C1. The van der Waals surface area contributed by atoms with Crippen LogP contribution < -0.4 is 0 Å². The molecule has 0 aliphatic carbocycles. The van der Waals surface area contributed by atoms with Crippen LogP contribution in [0.25, 0.3) is 0 Å². The minimum atomic E-state index is -0.0706. The molecule has 0 unspecified atom stereocenters. The zero-order valence-electron chi connectivity index (χ0n) is 9.29. The fourth-order valence-corrected chi connectivity index (χ4v) is 2.17. The van der Waals surface area contributed by atoms with E-state index in [9.17, 15) is 4.79 Å². The maximum Gasteiger partial charge on any atom is 0.306 e. The van der Waals surface area contributed by atoms with Gasteiger partial charge in [-0.25, -0.2) is 0 Å². The molecule has 0 N–H and O–H groups in total. The summed E-state index contributed by atoms with van der Waals surface area (Å²) in [7, 11) is 0. The Morgan fingerprint density at radius 2 is 1.93 bits per heavy atom. The summed E-state index contributed by atoms with van der Waals surface area (Å²) in [5.74, 6) is 0.367. The van der Waals surface area contributed by atoms with Gasteiger partial charge in [-0.1, -0.05) is 0 Å². The maximum atomic E-state index is 11.3. The molecule has 0 spiro atoms. The second-order valence-corrected chi connectivity index (χ2v) is 4.10. The molecule has 2 atom stereocenters. The Balaban J connectivity index is 2.33. The second-order valence-electron chi connectivity index (χ2n) is 4.10. The number of rotatable bonds is 3. The number of esters is 1. The number of carbonyl (C=O) groups excluding carboxylic acids is 1. The first kappa shape index (κ1) is 11.5. The van der Waals surface area contributed by atoms with Crippen molar-refractivity contribution in [3.8, 4) is 0 Å². The minimum Gasteiger partial charge on any atom is -0.466 e. The zero-order valence-corrected chi connectivity index (χ0v) is 9.29. The Kier molecular flexibility index (Phi) is 4.39. The molecule has 0 radical (unpaired) electrons. The zero-order chi connectivity index (χ0) is 10.6. The van der Waals surface area contributed by atoms with Crippen LogP contribution in [0.3, 0.4) is 0 Å². The summed E-state index contributed by atoms with van der Waals surface area (Å²) < 4.78 is 10.5. The Morgan fingerprint density at radius 3 is 2.43 bits per heavy atom. The molecule has 3 heteroatoms. The first-order valence-electron chi connectivity index (χ1n) is 5.42.